The first-order valence-corrected chi connectivity index (χ1v) is 8.28. The Bertz CT molecular complexity index is 602. The molecule has 1 N–H and O–H groups in total. The van der Waals surface area contributed by atoms with Gasteiger partial charge in [0.25, 0.3) is 0 Å². The first-order valence-electron chi connectivity index (χ1n) is 8.28. The number of aromatic nitrogens is 3. The molecule has 0 bridgehead atoms. The molecule has 0 aromatic carbocycles. The number of ether oxygens (including phenoxy) is 1. The smallest absolute Gasteiger partial charge is 0.101 e. The second kappa shape index (κ2) is 6.81. The number of hydrogen-bond donors (Lipinski definition) is 1. The number of hydrogen-bond acceptors (Lipinski definition) is 4. The van der Waals surface area contributed by atoms with Gasteiger partial charge in [-0.3, -0.25) is 4.98 Å². The lowest BCUT2D eigenvalue weighted by Gasteiger charge is -2.30. The fraction of sp³-hybridized carbons (Fsp3) is 0.556. The fourth-order valence-corrected chi connectivity index (χ4v) is 3.07. The molecule has 1 aliphatic rings. The summed E-state index contributed by atoms with van der Waals surface area (Å²) >= 11 is 0. The molecule has 1 fully saturated rings. The standard InChI is InChI=1S/C18H25N3O2/c1-18(2,22)17-4-3-15(12-20-17)16-11-14(6-10-23-16)5-8-21-9-7-19-13-21/h3-4,7,9,12-14,16,22H,5-6,8,10-11H2,1-2H3. The van der Waals surface area contributed by atoms with Gasteiger partial charge in [0.15, 0.2) is 0 Å². The minimum atomic E-state index is -0.903. The third-order valence-corrected chi connectivity index (χ3v) is 4.53. The van der Waals surface area contributed by atoms with Crippen LogP contribution in [-0.2, 0) is 16.9 Å². The van der Waals surface area contributed by atoms with Gasteiger partial charge in [0, 0.05) is 31.7 Å². The number of rotatable bonds is 5. The molecule has 3 rings (SSSR count). The van der Waals surface area contributed by atoms with Gasteiger partial charge in [-0.25, -0.2) is 4.98 Å². The largest absolute Gasteiger partial charge is 0.384 e. The third-order valence-electron chi connectivity index (χ3n) is 4.53. The Kier molecular flexibility index (Phi) is 4.78. The highest BCUT2D eigenvalue weighted by Gasteiger charge is 2.25. The quantitative estimate of drug-likeness (QED) is 0.921. The highest BCUT2D eigenvalue weighted by Crippen LogP contribution is 2.33. The summed E-state index contributed by atoms with van der Waals surface area (Å²) in [6.45, 7) is 5.30. The van der Waals surface area contributed by atoms with Crippen LogP contribution < -0.4 is 0 Å². The Morgan fingerprint density at radius 2 is 2.26 bits per heavy atom. The summed E-state index contributed by atoms with van der Waals surface area (Å²) in [5.74, 6) is 0.658. The summed E-state index contributed by atoms with van der Waals surface area (Å²) < 4.78 is 8.06. The second-order valence-corrected chi connectivity index (χ2v) is 6.87. The van der Waals surface area contributed by atoms with E-state index in [1.54, 1.807) is 13.8 Å². The molecule has 2 aromatic heterocycles. The lowest BCUT2D eigenvalue weighted by molar-refractivity contribution is -0.0132. The molecule has 2 unspecified atom stereocenters. The van der Waals surface area contributed by atoms with Crippen molar-refractivity contribution in [2.45, 2.75) is 51.4 Å². The van der Waals surface area contributed by atoms with Gasteiger partial charge in [0.2, 0.25) is 0 Å². The Hall–Kier alpha value is -1.72. The van der Waals surface area contributed by atoms with E-state index in [4.69, 9.17) is 4.74 Å². The molecule has 0 saturated carbocycles. The van der Waals surface area contributed by atoms with Crippen LogP contribution in [0.25, 0.3) is 0 Å². The van der Waals surface area contributed by atoms with E-state index in [0.29, 0.717) is 11.6 Å². The molecule has 2 atom stereocenters. The van der Waals surface area contributed by atoms with Crippen LogP contribution in [0.15, 0.2) is 37.1 Å². The molecule has 2 aromatic rings. The van der Waals surface area contributed by atoms with E-state index in [2.05, 4.69) is 14.5 Å². The monoisotopic (exact) mass is 315 g/mol. The zero-order valence-electron chi connectivity index (χ0n) is 13.9. The van der Waals surface area contributed by atoms with Crippen molar-refractivity contribution in [1.29, 1.82) is 0 Å². The first-order chi connectivity index (χ1) is 11.0. The van der Waals surface area contributed by atoms with Gasteiger partial charge in [0.1, 0.15) is 5.60 Å². The highest BCUT2D eigenvalue weighted by atomic mass is 16.5. The minimum absolute atomic E-state index is 0.111. The van der Waals surface area contributed by atoms with Crippen LogP contribution in [0.1, 0.15) is 50.5 Å². The van der Waals surface area contributed by atoms with Gasteiger partial charge in [-0.15, -0.1) is 0 Å². The average molecular weight is 315 g/mol. The molecule has 23 heavy (non-hydrogen) atoms. The molecule has 0 spiro atoms. The highest BCUT2D eigenvalue weighted by molar-refractivity contribution is 5.20. The Labute approximate surface area is 137 Å². The number of pyridine rings is 1. The number of nitrogens with zero attached hydrogens (tertiary/aromatic N) is 3. The van der Waals surface area contributed by atoms with Crippen LogP contribution in [0.5, 0.6) is 0 Å². The fourth-order valence-electron chi connectivity index (χ4n) is 3.07. The van der Waals surface area contributed by atoms with Gasteiger partial charge >= 0.3 is 0 Å². The van der Waals surface area contributed by atoms with Crippen LogP contribution in [0.4, 0.5) is 0 Å². The van der Waals surface area contributed by atoms with E-state index in [1.807, 2.05) is 37.1 Å². The average Bonchev–Trinajstić information content (AvgIpc) is 3.06. The van der Waals surface area contributed by atoms with Crippen LogP contribution >= 0.6 is 0 Å². The first kappa shape index (κ1) is 16.1. The van der Waals surface area contributed by atoms with Gasteiger partial charge in [-0.2, -0.15) is 0 Å². The molecule has 1 aliphatic heterocycles. The van der Waals surface area contributed by atoms with Gasteiger partial charge in [0.05, 0.1) is 18.1 Å². The Balaban J connectivity index is 1.59. The van der Waals surface area contributed by atoms with Crippen LogP contribution in [0.3, 0.4) is 0 Å². The Morgan fingerprint density at radius 3 is 2.91 bits per heavy atom. The van der Waals surface area contributed by atoms with E-state index in [0.717, 1.165) is 38.0 Å². The van der Waals surface area contributed by atoms with E-state index >= 15 is 0 Å². The summed E-state index contributed by atoms with van der Waals surface area (Å²) in [4.78, 5) is 8.48. The van der Waals surface area contributed by atoms with Crippen LogP contribution in [0, 0.1) is 5.92 Å². The van der Waals surface area contributed by atoms with Crippen LogP contribution in [0.2, 0.25) is 0 Å². The predicted octanol–water partition coefficient (Wildman–Crippen LogP) is 3.06. The van der Waals surface area contributed by atoms with Crippen molar-refractivity contribution in [3.8, 4) is 0 Å². The van der Waals surface area contributed by atoms with Crippen molar-refractivity contribution in [1.82, 2.24) is 14.5 Å². The molecule has 5 nitrogen and oxygen atoms in total. The van der Waals surface area contributed by atoms with Crippen molar-refractivity contribution < 1.29 is 9.84 Å². The molecule has 0 aliphatic carbocycles. The molecule has 0 amide bonds. The van der Waals surface area contributed by atoms with Crippen LogP contribution in [-0.4, -0.2) is 26.2 Å². The van der Waals surface area contributed by atoms with Crippen molar-refractivity contribution in [2.75, 3.05) is 6.61 Å². The number of imidazole rings is 1. The van der Waals surface area contributed by atoms with Gasteiger partial charge in [-0.1, -0.05) is 6.07 Å². The maximum Gasteiger partial charge on any atom is 0.101 e. The summed E-state index contributed by atoms with van der Waals surface area (Å²) in [7, 11) is 0. The summed E-state index contributed by atoms with van der Waals surface area (Å²) in [6, 6.07) is 3.93. The van der Waals surface area contributed by atoms with E-state index in [9.17, 15) is 5.11 Å². The summed E-state index contributed by atoms with van der Waals surface area (Å²) in [5.41, 5.74) is 0.887. The van der Waals surface area contributed by atoms with Crippen molar-refractivity contribution in [2.24, 2.45) is 5.92 Å². The molecule has 1 saturated heterocycles. The minimum Gasteiger partial charge on any atom is -0.384 e. The molecule has 0 radical (unpaired) electrons. The van der Waals surface area contributed by atoms with Crippen molar-refractivity contribution in [3.05, 3.63) is 48.3 Å². The molecule has 3 heterocycles. The molecular formula is C18H25N3O2. The van der Waals surface area contributed by atoms with Crippen molar-refractivity contribution >= 4 is 0 Å². The maximum absolute atomic E-state index is 9.99. The van der Waals surface area contributed by atoms with Gasteiger partial charge < -0.3 is 14.4 Å². The lowest BCUT2D eigenvalue weighted by Crippen LogP contribution is -2.22. The zero-order valence-corrected chi connectivity index (χ0v) is 13.9. The Morgan fingerprint density at radius 1 is 1.39 bits per heavy atom. The second-order valence-electron chi connectivity index (χ2n) is 6.87. The normalized spacial score (nSPS) is 22.2. The van der Waals surface area contributed by atoms with Gasteiger partial charge in [-0.05, 0) is 50.7 Å². The third kappa shape index (κ3) is 4.18. The predicted molar refractivity (Wildman–Crippen MR) is 87.7 cm³/mol. The van der Waals surface area contributed by atoms with E-state index in [-0.39, 0.29) is 6.10 Å². The zero-order chi connectivity index (χ0) is 16.3. The molecular weight excluding hydrogens is 290 g/mol. The SMILES string of the molecule is CC(C)(O)c1ccc(C2CC(CCn3ccnc3)CCO2)cn1. The molecule has 5 heteroatoms. The summed E-state index contributed by atoms with van der Waals surface area (Å²) in [5, 5.41) is 9.99. The van der Waals surface area contributed by atoms with E-state index < -0.39 is 5.60 Å². The molecule has 124 valence electrons. The topological polar surface area (TPSA) is 60.2 Å². The maximum atomic E-state index is 9.99. The van der Waals surface area contributed by atoms with Crippen molar-refractivity contribution in [3.63, 3.8) is 0 Å². The number of aryl methyl sites for hydroxylation is 1. The van der Waals surface area contributed by atoms with E-state index in [1.165, 1.54) is 0 Å². The lowest BCUT2D eigenvalue weighted by atomic mass is 9.89. The summed E-state index contributed by atoms with van der Waals surface area (Å²) in [6.07, 6.45) is 10.9. The number of aliphatic hydroxyl groups is 1.